The maximum Gasteiger partial charge on any atom is 0.326 e. The van der Waals surface area contributed by atoms with E-state index in [1.54, 1.807) is 6.07 Å². The monoisotopic (exact) mass is 508 g/mol. The second-order valence-electron chi connectivity index (χ2n) is 9.62. The molecule has 35 heavy (non-hydrogen) atoms. The Morgan fingerprint density at radius 2 is 2.03 bits per heavy atom. The lowest BCUT2D eigenvalue weighted by molar-refractivity contribution is -0.153. The molecule has 2 unspecified atom stereocenters. The van der Waals surface area contributed by atoms with Crippen molar-refractivity contribution in [1.29, 1.82) is 0 Å². The third kappa shape index (κ3) is 6.63. The van der Waals surface area contributed by atoms with Gasteiger partial charge in [0.2, 0.25) is 15.9 Å². The number of para-hydroxylation sites is 1. The first-order valence-corrected chi connectivity index (χ1v) is 13.4. The molecule has 0 spiro atoms. The Morgan fingerprint density at radius 1 is 1.29 bits per heavy atom. The fourth-order valence-corrected chi connectivity index (χ4v) is 6.17. The lowest BCUT2D eigenvalue weighted by Crippen LogP contribution is -2.56. The summed E-state index contributed by atoms with van der Waals surface area (Å²) >= 11 is 0. The summed E-state index contributed by atoms with van der Waals surface area (Å²) in [4.78, 5) is 30.7. The number of nitrogens with zero attached hydrogens (tertiary/aromatic N) is 2. The molecule has 7 N–H and O–H groups in total. The fourth-order valence-electron chi connectivity index (χ4n) is 4.72. The minimum absolute atomic E-state index is 0.0750. The van der Waals surface area contributed by atoms with Crippen LogP contribution in [0.25, 0.3) is 0 Å². The number of guanidine groups is 1. The van der Waals surface area contributed by atoms with Crippen LogP contribution in [-0.4, -0.2) is 68.0 Å². The van der Waals surface area contributed by atoms with Crippen molar-refractivity contribution >= 4 is 33.5 Å². The Hall–Kier alpha value is -2.86. The van der Waals surface area contributed by atoms with Crippen molar-refractivity contribution in [3.8, 4) is 0 Å². The van der Waals surface area contributed by atoms with Gasteiger partial charge in [0.1, 0.15) is 17.0 Å². The molecule has 11 nitrogen and oxygen atoms in total. The number of sulfonamides is 1. The number of hydrogen-bond donors (Lipinski definition) is 5. The molecule has 1 amide bonds. The number of rotatable bonds is 9. The summed E-state index contributed by atoms with van der Waals surface area (Å²) in [7, 11) is -4.10. The molecule has 0 saturated carbocycles. The molecule has 2 heterocycles. The number of nitrogens with one attached hydrogen (secondary N) is 2. The summed E-state index contributed by atoms with van der Waals surface area (Å²) < 4.78 is 29.5. The number of aliphatic imine (C=N–C) groups is 1. The van der Waals surface area contributed by atoms with Gasteiger partial charge in [0, 0.05) is 19.6 Å². The molecule has 1 aromatic rings. The number of fused-ring (bicyclic) bond motifs is 1. The van der Waals surface area contributed by atoms with Crippen LogP contribution in [0.3, 0.4) is 0 Å². The molecular formula is C23H36N6O5S. The molecule has 12 heteroatoms. The van der Waals surface area contributed by atoms with Gasteiger partial charge in [-0.2, -0.15) is 4.72 Å². The van der Waals surface area contributed by atoms with Crippen LogP contribution in [0.5, 0.6) is 0 Å². The summed E-state index contributed by atoms with van der Waals surface area (Å²) in [6.07, 6.45) is 2.17. The third-order valence-corrected chi connectivity index (χ3v) is 8.09. The molecule has 2 aliphatic heterocycles. The molecule has 4 atom stereocenters. The van der Waals surface area contributed by atoms with Crippen LogP contribution in [0.2, 0.25) is 0 Å². The van der Waals surface area contributed by atoms with Gasteiger partial charge in [0.05, 0.1) is 5.69 Å². The molecule has 0 aliphatic carbocycles. The smallest absolute Gasteiger partial charge is 0.326 e. The zero-order chi connectivity index (χ0) is 25.8. The van der Waals surface area contributed by atoms with Crippen LogP contribution in [0, 0.1) is 11.8 Å². The topological polar surface area (TPSA) is 180 Å². The first kappa shape index (κ1) is 26.7. The van der Waals surface area contributed by atoms with E-state index < -0.39 is 34.0 Å². The molecule has 194 valence electrons. The summed E-state index contributed by atoms with van der Waals surface area (Å²) in [5.74, 6) is -1.22. The fraction of sp³-hybridized carbons (Fsp3) is 0.609. The van der Waals surface area contributed by atoms with Crippen LogP contribution < -0.4 is 21.5 Å². The molecule has 0 bridgehead atoms. The highest BCUT2D eigenvalue weighted by molar-refractivity contribution is 7.89. The second kappa shape index (κ2) is 11.3. The number of hydrogen-bond acceptors (Lipinski definition) is 6. The zero-order valence-electron chi connectivity index (χ0n) is 20.2. The van der Waals surface area contributed by atoms with Crippen molar-refractivity contribution in [1.82, 2.24) is 9.62 Å². The standard InChI is InChI=1S/C23H36N6O5S/c1-14-8-10-29(18(12-14)22(31)32)21(30)17(6-4-9-26-23(24)25)28-35(33,34)19-7-3-5-16-11-15(2)13-27-20(16)19/h3,5,7,14-15,17-18,27-28H,4,6,8-13H2,1-2H3,(H,31,32)(H4,24,25,26)/t14?,15?,17-,18-/m1/s1. The maximum atomic E-state index is 13.5. The summed E-state index contributed by atoms with van der Waals surface area (Å²) in [5.41, 5.74) is 12.2. The average Bonchev–Trinajstić information content (AvgIpc) is 2.79. The largest absolute Gasteiger partial charge is 0.480 e. The predicted molar refractivity (Wildman–Crippen MR) is 133 cm³/mol. The summed E-state index contributed by atoms with van der Waals surface area (Å²) in [6.45, 7) is 5.14. The second-order valence-corrected chi connectivity index (χ2v) is 11.3. The molecular weight excluding hydrogens is 472 g/mol. The van der Waals surface area contributed by atoms with Gasteiger partial charge >= 0.3 is 5.97 Å². The first-order chi connectivity index (χ1) is 16.5. The number of amides is 1. The van der Waals surface area contributed by atoms with Gasteiger partial charge in [0.25, 0.3) is 0 Å². The number of aliphatic carboxylic acids is 1. The van der Waals surface area contributed by atoms with E-state index in [1.807, 2.05) is 13.0 Å². The summed E-state index contributed by atoms with van der Waals surface area (Å²) in [5, 5.41) is 12.9. The van der Waals surface area contributed by atoms with Crippen molar-refractivity contribution in [2.45, 2.75) is 62.9 Å². The Bertz CT molecular complexity index is 1070. The van der Waals surface area contributed by atoms with Crippen molar-refractivity contribution in [2.24, 2.45) is 28.3 Å². The van der Waals surface area contributed by atoms with Crippen LogP contribution in [-0.2, 0) is 26.0 Å². The predicted octanol–water partition coefficient (Wildman–Crippen LogP) is 0.703. The van der Waals surface area contributed by atoms with Crippen molar-refractivity contribution in [3.05, 3.63) is 23.8 Å². The number of anilines is 1. The van der Waals surface area contributed by atoms with E-state index >= 15 is 0 Å². The lowest BCUT2D eigenvalue weighted by atomic mass is 9.91. The highest BCUT2D eigenvalue weighted by Gasteiger charge is 2.39. The van der Waals surface area contributed by atoms with Gasteiger partial charge in [-0.3, -0.25) is 9.79 Å². The van der Waals surface area contributed by atoms with E-state index in [0.29, 0.717) is 37.4 Å². The highest BCUT2D eigenvalue weighted by atomic mass is 32.2. The van der Waals surface area contributed by atoms with Gasteiger partial charge in [0.15, 0.2) is 5.96 Å². The molecule has 3 rings (SSSR count). The van der Waals surface area contributed by atoms with Crippen molar-refractivity contribution < 1.29 is 23.1 Å². The molecule has 0 aromatic heterocycles. The number of nitrogens with two attached hydrogens (primary N) is 2. The van der Waals surface area contributed by atoms with E-state index in [0.717, 1.165) is 12.0 Å². The molecule has 1 aromatic carbocycles. The van der Waals surface area contributed by atoms with Gasteiger partial charge in [-0.25, -0.2) is 13.2 Å². The van der Waals surface area contributed by atoms with E-state index in [-0.39, 0.29) is 36.3 Å². The first-order valence-electron chi connectivity index (χ1n) is 12.0. The minimum atomic E-state index is -4.10. The zero-order valence-corrected chi connectivity index (χ0v) is 21.1. The van der Waals surface area contributed by atoms with Gasteiger partial charge in [-0.1, -0.05) is 26.0 Å². The van der Waals surface area contributed by atoms with Gasteiger partial charge in [-0.15, -0.1) is 0 Å². The number of carboxylic acid groups (broad SMARTS) is 1. The molecule has 1 fully saturated rings. The Labute approximate surface area is 206 Å². The van der Waals surface area contributed by atoms with Crippen LogP contribution >= 0.6 is 0 Å². The number of likely N-dealkylation sites (tertiary alicyclic amines) is 1. The van der Waals surface area contributed by atoms with E-state index in [9.17, 15) is 23.1 Å². The number of carbonyl (C=O) groups is 2. The SMILES string of the molecule is CC1CNc2c(cccc2S(=O)(=O)N[C@H](CCCN=C(N)N)C(=O)N2CCC(C)C[C@@H]2C(=O)O)C1. The van der Waals surface area contributed by atoms with E-state index in [2.05, 4.69) is 22.0 Å². The normalized spacial score (nSPS) is 23.0. The number of carbonyl (C=O) groups excluding carboxylic acids is 1. The average molecular weight is 509 g/mol. The number of piperidine rings is 1. The van der Waals surface area contributed by atoms with Crippen molar-refractivity contribution in [2.75, 3.05) is 25.0 Å². The van der Waals surface area contributed by atoms with Crippen LogP contribution in [0.4, 0.5) is 5.69 Å². The molecule has 0 radical (unpaired) electrons. The Kier molecular flexibility index (Phi) is 8.60. The van der Waals surface area contributed by atoms with Crippen molar-refractivity contribution in [3.63, 3.8) is 0 Å². The quantitative estimate of drug-likeness (QED) is 0.184. The Balaban J connectivity index is 1.88. The lowest BCUT2D eigenvalue weighted by Gasteiger charge is -2.38. The minimum Gasteiger partial charge on any atom is -0.480 e. The number of benzene rings is 1. The van der Waals surface area contributed by atoms with Crippen LogP contribution in [0.1, 0.15) is 45.1 Å². The van der Waals surface area contributed by atoms with Gasteiger partial charge < -0.3 is 26.8 Å². The highest BCUT2D eigenvalue weighted by Crippen LogP contribution is 2.31. The Morgan fingerprint density at radius 3 is 2.71 bits per heavy atom. The van der Waals surface area contributed by atoms with Crippen LogP contribution in [0.15, 0.2) is 28.1 Å². The molecule has 2 aliphatic rings. The molecule has 1 saturated heterocycles. The van der Waals surface area contributed by atoms with E-state index in [4.69, 9.17) is 11.5 Å². The number of carboxylic acids is 1. The third-order valence-electron chi connectivity index (χ3n) is 6.57. The summed E-state index contributed by atoms with van der Waals surface area (Å²) in [6, 6.07) is 2.94. The van der Waals surface area contributed by atoms with Gasteiger partial charge in [-0.05, 0) is 55.6 Å². The van der Waals surface area contributed by atoms with E-state index in [1.165, 1.54) is 11.0 Å². The maximum absolute atomic E-state index is 13.5.